The van der Waals surface area contributed by atoms with E-state index in [4.69, 9.17) is 4.74 Å². The van der Waals surface area contributed by atoms with Crippen molar-refractivity contribution in [2.45, 2.75) is 13.3 Å². The van der Waals surface area contributed by atoms with E-state index in [9.17, 15) is 9.18 Å². The van der Waals surface area contributed by atoms with E-state index < -0.39 is 0 Å². The number of nitrogens with one attached hydrogen (secondary N) is 1. The number of benzene rings is 1. The van der Waals surface area contributed by atoms with Gasteiger partial charge in [-0.25, -0.2) is 4.39 Å². The number of hydrogen-bond acceptors (Lipinski definition) is 3. The largest absolute Gasteiger partial charge is 0.466 e. The molecule has 1 rings (SSSR count). The Morgan fingerprint density at radius 2 is 2.25 bits per heavy atom. The Balaban J connectivity index is 0.00000225. The van der Waals surface area contributed by atoms with Gasteiger partial charge in [0.25, 0.3) is 0 Å². The normalized spacial score (nSPS) is 9.12. The third kappa shape index (κ3) is 5.56. The molecule has 3 nitrogen and oxygen atoms in total. The lowest BCUT2D eigenvalue weighted by Crippen LogP contribution is -2.11. The van der Waals surface area contributed by atoms with Crippen molar-refractivity contribution >= 4 is 24.1 Å². The molecule has 0 saturated carbocycles. The Hall–Kier alpha value is -1.29. The summed E-state index contributed by atoms with van der Waals surface area (Å²) in [7, 11) is 0. The second kappa shape index (κ2) is 7.93. The highest BCUT2D eigenvalue weighted by Gasteiger charge is 2.00. The third-order valence-electron chi connectivity index (χ3n) is 1.79. The number of ether oxygens (including phenoxy) is 1. The van der Waals surface area contributed by atoms with E-state index in [1.807, 2.05) is 0 Å². The Kier molecular flexibility index (Phi) is 7.29. The lowest BCUT2D eigenvalue weighted by molar-refractivity contribution is -0.142. The first-order valence-electron chi connectivity index (χ1n) is 4.87. The minimum Gasteiger partial charge on any atom is -0.466 e. The van der Waals surface area contributed by atoms with E-state index in [1.54, 1.807) is 19.1 Å². The fraction of sp³-hybridized carbons (Fsp3) is 0.364. The summed E-state index contributed by atoms with van der Waals surface area (Å²) < 4.78 is 17.5. The van der Waals surface area contributed by atoms with Gasteiger partial charge in [0.2, 0.25) is 0 Å². The van der Waals surface area contributed by atoms with E-state index in [0.29, 0.717) is 18.8 Å². The standard InChI is InChI=1S/C11H14FNO2.ClH/c1-2-15-11(14)6-7-13-10-5-3-4-9(12)8-10;/h3-5,8,13H,2,6-7H2,1H3;1H. The summed E-state index contributed by atoms with van der Waals surface area (Å²) in [6.07, 6.45) is 0.282. The van der Waals surface area contributed by atoms with Crippen molar-refractivity contribution in [2.75, 3.05) is 18.5 Å². The molecule has 5 heteroatoms. The van der Waals surface area contributed by atoms with E-state index in [2.05, 4.69) is 5.32 Å². The van der Waals surface area contributed by atoms with Crippen LogP contribution in [-0.2, 0) is 9.53 Å². The zero-order valence-corrected chi connectivity index (χ0v) is 9.85. The van der Waals surface area contributed by atoms with Gasteiger partial charge in [-0.15, -0.1) is 12.4 Å². The molecule has 0 radical (unpaired) electrons. The van der Waals surface area contributed by atoms with Crippen LogP contribution in [0.5, 0.6) is 0 Å². The molecular formula is C11H15ClFNO2. The van der Waals surface area contributed by atoms with Crippen LogP contribution in [0.15, 0.2) is 24.3 Å². The van der Waals surface area contributed by atoms with Gasteiger partial charge in [0.05, 0.1) is 13.0 Å². The summed E-state index contributed by atoms with van der Waals surface area (Å²) in [5.74, 6) is -0.544. The van der Waals surface area contributed by atoms with Crippen molar-refractivity contribution in [3.8, 4) is 0 Å². The zero-order chi connectivity index (χ0) is 11.1. The van der Waals surface area contributed by atoms with Crippen LogP contribution in [0.1, 0.15) is 13.3 Å². The number of carbonyl (C=O) groups excluding carboxylic acids is 1. The van der Waals surface area contributed by atoms with Gasteiger partial charge >= 0.3 is 5.97 Å². The summed E-state index contributed by atoms with van der Waals surface area (Å²) in [6.45, 7) is 2.60. The monoisotopic (exact) mass is 247 g/mol. The van der Waals surface area contributed by atoms with Crippen LogP contribution < -0.4 is 5.32 Å². The Morgan fingerprint density at radius 1 is 1.50 bits per heavy atom. The predicted octanol–water partition coefficient (Wildman–Crippen LogP) is 2.61. The average molecular weight is 248 g/mol. The van der Waals surface area contributed by atoms with Crippen LogP contribution in [0.4, 0.5) is 10.1 Å². The van der Waals surface area contributed by atoms with Crippen molar-refractivity contribution < 1.29 is 13.9 Å². The fourth-order valence-corrected chi connectivity index (χ4v) is 1.14. The SMILES string of the molecule is CCOC(=O)CCNc1cccc(F)c1.Cl. The van der Waals surface area contributed by atoms with Crippen LogP contribution >= 0.6 is 12.4 Å². The lowest BCUT2D eigenvalue weighted by Gasteiger charge is -2.05. The van der Waals surface area contributed by atoms with Crippen LogP contribution in [-0.4, -0.2) is 19.1 Å². The Labute approximate surface area is 100 Å². The van der Waals surface area contributed by atoms with Gasteiger partial charge < -0.3 is 10.1 Å². The molecule has 0 heterocycles. The van der Waals surface area contributed by atoms with Crippen molar-refractivity contribution in [3.05, 3.63) is 30.1 Å². The summed E-state index contributed by atoms with van der Waals surface area (Å²) >= 11 is 0. The molecule has 0 aromatic heterocycles. The molecule has 1 aromatic carbocycles. The van der Waals surface area contributed by atoms with Gasteiger partial charge in [-0.2, -0.15) is 0 Å². The fourth-order valence-electron chi connectivity index (χ4n) is 1.14. The summed E-state index contributed by atoms with van der Waals surface area (Å²) in [5.41, 5.74) is 0.666. The molecule has 1 aromatic rings. The van der Waals surface area contributed by atoms with Crippen LogP contribution in [0, 0.1) is 5.82 Å². The van der Waals surface area contributed by atoms with Gasteiger partial charge in [-0.3, -0.25) is 4.79 Å². The molecule has 0 unspecified atom stereocenters. The Morgan fingerprint density at radius 3 is 2.88 bits per heavy atom. The van der Waals surface area contributed by atoms with Crippen LogP contribution in [0.2, 0.25) is 0 Å². The van der Waals surface area contributed by atoms with Crippen molar-refractivity contribution in [1.29, 1.82) is 0 Å². The summed E-state index contributed by atoms with van der Waals surface area (Å²) in [4.78, 5) is 11.0. The van der Waals surface area contributed by atoms with Gasteiger partial charge in [0.15, 0.2) is 0 Å². The number of halogens is 2. The number of carbonyl (C=O) groups is 1. The number of rotatable bonds is 5. The molecule has 0 fully saturated rings. The third-order valence-corrected chi connectivity index (χ3v) is 1.79. The van der Waals surface area contributed by atoms with Crippen molar-refractivity contribution in [2.24, 2.45) is 0 Å². The first-order valence-corrected chi connectivity index (χ1v) is 4.87. The van der Waals surface area contributed by atoms with E-state index >= 15 is 0 Å². The molecule has 0 spiro atoms. The molecule has 0 atom stereocenters. The molecule has 0 aliphatic carbocycles. The highest BCUT2D eigenvalue weighted by molar-refractivity contribution is 5.85. The molecule has 16 heavy (non-hydrogen) atoms. The van der Waals surface area contributed by atoms with Gasteiger partial charge in [0.1, 0.15) is 5.82 Å². The number of esters is 1. The summed E-state index contributed by atoms with van der Waals surface area (Å²) in [6, 6.07) is 6.11. The average Bonchev–Trinajstić information content (AvgIpc) is 2.18. The van der Waals surface area contributed by atoms with Crippen molar-refractivity contribution in [3.63, 3.8) is 0 Å². The molecule has 0 aliphatic rings. The Bertz CT molecular complexity index is 334. The first-order chi connectivity index (χ1) is 7.22. The second-order valence-electron chi connectivity index (χ2n) is 2.99. The number of anilines is 1. The predicted molar refractivity (Wildman–Crippen MR) is 63.4 cm³/mol. The highest BCUT2D eigenvalue weighted by Crippen LogP contribution is 2.08. The van der Waals surface area contributed by atoms with E-state index in [1.165, 1.54) is 12.1 Å². The maximum atomic E-state index is 12.7. The smallest absolute Gasteiger partial charge is 0.307 e. The van der Waals surface area contributed by atoms with E-state index in [0.717, 1.165) is 0 Å². The van der Waals surface area contributed by atoms with Gasteiger partial charge in [0, 0.05) is 12.2 Å². The van der Waals surface area contributed by atoms with Crippen LogP contribution in [0.25, 0.3) is 0 Å². The minimum absolute atomic E-state index is 0. The van der Waals surface area contributed by atoms with Gasteiger partial charge in [-0.05, 0) is 25.1 Å². The second-order valence-corrected chi connectivity index (χ2v) is 2.99. The number of hydrogen-bond donors (Lipinski definition) is 1. The summed E-state index contributed by atoms with van der Waals surface area (Å²) in [5, 5.41) is 2.93. The minimum atomic E-state index is -0.295. The quantitative estimate of drug-likeness (QED) is 0.813. The molecule has 0 amide bonds. The molecular weight excluding hydrogens is 233 g/mol. The molecule has 90 valence electrons. The highest BCUT2D eigenvalue weighted by atomic mass is 35.5. The van der Waals surface area contributed by atoms with E-state index in [-0.39, 0.29) is 30.6 Å². The molecule has 0 aliphatic heterocycles. The molecule has 0 saturated heterocycles. The van der Waals surface area contributed by atoms with Crippen LogP contribution in [0.3, 0.4) is 0 Å². The first kappa shape index (κ1) is 14.7. The molecule has 1 N–H and O–H groups in total. The maximum absolute atomic E-state index is 12.7. The topological polar surface area (TPSA) is 38.3 Å². The lowest BCUT2D eigenvalue weighted by atomic mass is 10.3. The maximum Gasteiger partial charge on any atom is 0.307 e. The zero-order valence-electron chi connectivity index (χ0n) is 9.03. The van der Waals surface area contributed by atoms with Gasteiger partial charge in [-0.1, -0.05) is 6.07 Å². The molecule has 0 bridgehead atoms. The van der Waals surface area contributed by atoms with Crippen molar-refractivity contribution in [1.82, 2.24) is 0 Å².